The molecule has 18 rings (SSSR count). The Morgan fingerprint density at radius 1 is 0.349 bits per heavy atom. The minimum absolute atomic E-state index is 0.0201. The van der Waals surface area contributed by atoms with Crippen molar-refractivity contribution in [3.63, 3.8) is 0 Å². The summed E-state index contributed by atoms with van der Waals surface area (Å²) in [6, 6.07) is 10.1. The molecule has 6 aliphatic heterocycles. The minimum Gasteiger partial charge on any atom is -0.378 e. The summed E-state index contributed by atoms with van der Waals surface area (Å²) in [5.74, 6) is 9.15. The summed E-state index contributed by atoms with van der Waals surface area (Å²) in [5.41, 5.74) is 29.8. The lowest BCUT2D eigenvalue weighted by atomic mass is 9.74. The number of likely N-dealkylation sites (N-methyl/N-ethyl adjacent to an activating group) is 4. The van der Waals surface area contributed by atoms with Gasteiger partial charge in [-0.1, -0.05) is 327 Å². The van der Waals surface area contributed by atoms with E-state index < -0.39 is 27.7 Å². The van der Waals surface area contributed by atoms with E-state index in [2.05, 4.69) is 54.1 Å². The maximum Gasteiger partial charge on any atom is 0.318 e. The first-order valence-electron chi connectivity index (χ1n) is 60.5. The third-order valence-corrected chi connectivity index (χ3v) is 38.6. The van der Waals surface area contributed by atoms with Gasteiger partial charge in [0.05, 0.1) is 12.6 Å². The molecule has 27 nitrogen and oxygen atoms in total. The fourth-order valence-electron chi connectivity index (χ4n) is 30.0. The van der Waals surface area contributed by atoms with E-state index in [9.17, 15) is 33.6 Å². The minimum atomic E-state index is -0.681. The third kappa shape index (κ3) is 31.7. The van der Waals surface area contributed by atoms with Crippen molar-refractivity contribution in [2.45, 2.75) is 541 Å². The Hall–Kier alpha value is -7.42. The number of hydrogen-bond donors (Lipinski definition) is 8. The third-order valence-electron chi connectivity index (χ3n) is 38.6. The summed E-state index contributed by atoms with van der Waals surface area (Å²) < 4.78 is 6.12. The van der Waals surface area contributed by atoms with Gasteiger partial charge in [0.15, 0.2) is 29.8 Å². The highest BCUT2D eigenvalue weighted by atomic mass is 16.5. The molecule has 1 saturated heterocycles. The smallest absolute Gasteiger partial charge is 0.318 e. The second kappa shape index (κ2) is 55.7. The molecule has 1 aromatic rings. The zero-order valence-electron chi connectivity index (χ0n) is 92.4. The Balaban J connectivity index is 0.000000146. The van der Waals surface area contributed by atoms with Crippen molar-refractivity contribution in [3.05, 3.63) is 35.4 Å². The van der Waals surface area contributed by atoms with Crippen molar-refractivity contribution in [2.24, 2.45) is 113 Å². The molecule has 0 unspecified atom stereocenters. The summed E-state index contributed by atoms with van der Waals surface area (Å²) in [4.78, 5) is 124. The van der Waals surface area contributed by atoms with Gasteiger partial charge < -0.3 is 54.3 Å². The zero-order chi connectivity index (χ0) is 103. The van der Waals surface area contributed by atoms with Crippen LogP contribution in [0.25, 0.3) is 0 Å². The predicted octanol–water partition coefficient (Wildman–Crippen LogP) is 21.9. The van der Waals surface area contributed by atoms with Gasteiger partial charge in [-0.25, -0.2) is 29.8 Å². The number of rotatable bonds is 38. The molecule has 146 heavy (non-hydrogen) atoms. The van der Waals surface area contributed by atoms with Gasteiger partial charge in [0.1, 0.15) is 27.7 Å². The maximum atomic E-state index is 14.1. The number of nitrogens with two attached hydrogens (primary N) is 5. The summed E-state index contributed by atoms with van der Waals surface area (Å²) in [6.45, 7) is 8.61. The monoisotopic (exact) mass is 2020 g/mol. The van der Waals surface area contributed by atoms with Crippen molar-refractivity contribution in [1.82, 2.24) is 45.3 Å². The molecule has 8 amide bonds. The molecule has 0 aromatic heterocycles. The van der Waals surface area contributed by atoms with Crippen LogP contribution in [-0.4, -0.2) is 200 Å². The number of hydrogen-bond acceptors (Lipinski definition) is 19. The van der Waals surface area contributed by atoms with Gasteiger partial charge >= 0.3 is 6.03 Å². The molecule has 12 atom stereocenters. The highest BCUT2D eigenvalue weighted by Gasteiger charge is 2.55. The Labute approximate surface area is 880 Å². The van der Waals surface area contributed by atoms with Gasteiger partial charge in [-0.3, -0.25) is 53.3 Å². The molecule has 6 heterocycles. The van der Waals surface area contributed by atoms with Crippen LogP contribution < -0.4 is 44.6 Å². The predicted molar refractivity (Wildman–Crippen MR) is 590 cm³/mol. The molecule has 0 bridgehead atoms. The van der Waals surface area contributed by atoms with E-state index in [4.69, 9.17) is 58.4 Å². The summed E-state index contributed by atoms with van der Waals surface area (Å²) in [7, 11) is 7.10. The second-order valence-corrected chi connectivity index (χ2v) is 49.9. The van der Waals surface area contributed by atoms with Crippen molar-refractivity contribution in [3.8, 4) is 0 Å². The largest absolute Gasteiger partial charge is 0.378 e. The van der Waals surface area contributed by atoms with Crippen molar-refractivity contribution < 1.29 is 38.3 Å². The number of carbonyl (C=O) groups excluding carboxylic acids is 7. The highest BCUT2D eigenvalue weighted by Crippen LogP contribution is 2.49. The normalized spacial score (nSPS) is 31.0. The van der Waals surface area contributed by atoms with E-state index in [1.807, 2.05) is 4.90 Å². The molecule has 1 aromatic carbocycles. The van der Waals surface area contributed by atoms with Crippen molar-refractivity contribution in [1.29, 1.82) is 0 Å². The van der Waals surface area contributed by atoms with E-state index in [0.29, 0.717) is 84.6 Å². The number of guanidine groups is 5. The first-order valence-corrected chi connectivity index (χ1v) is 60.5. The molecule has 0 radical (unpaired) electrons. The van der Waals surface area contributed by atoms with E-state index in [0.717, 1.165) is 214 Å². The van der Waals surface area contributed by atoms with Crippen molar-refractivity contribution >= 4 is 71.3 Å². The lowest BCUT2D eigenvalue weighted by molar-refractivity contribution is -0.133. The van der Waals surface area contributed by atoms with Crippen LogP contribution in [0.2, 0.25) is 0 Å². The Bertz CT molecular complexity index is 4440. The van der Waals surface area contributed by atoms with Crippen LogP contribution in [0.3, 0.4) is 0 Å². The molecule has 12 fully saturated rings. The molecular formula is C119H201N19O8. The fourth-order valence-corrected chi connectivity index (χ4v) is 30.0. The van der Waals surface area contributed by atoms with Crippen LogP contribution in [0.15, 0.2) is 49.2 Å². The van der Waals surface area contributed by atoms with Gasteiger partial charge in [-0.2, -0.15) is 0 Å². The quantitative estimate of drug-likeness (QED) is 0.0285. The number of benzene rings is 1. The molecule has 820 valence electrons. The Kier molecular flexibility index (Phi) is 43.6. The number of unbranched alkanes of at least 4 members (excludes halogenated alkanes) is 1. The number of aliphatic imine (C=N–C) groups is 5. The van der Waals surface area contributed by atoms with Gasteiger partial charge in [0, 0.05) is 79.0 Å². The number of carbonyl (C=O) groups is 7. The molecule has 27 heteroatoms. The second-order valence-electron chi connectivity index (χ2n) is 49.9. The van der Waals surface area contributed by atoms with Crippen LogP contribution in [-0.2, 0) is 46.6 Å². The van der Waals surface area contributed by atoms with Crippen LogP contribution in [0, 0.1) is 59.2 Å². The van der Waals surface area contributed by atoms with Crippen molar-refractivity contribution in [2.75, 3.05) is 41.3 Å². The SMILES string of the molecule is CC(=O)N[C@@H]1CCC[C@H](C[C@@]2(CCC3CCCCC3)N=C(N)N(C)C2=O)C1.CCCCO[C@@H]1CCC[C@H](C[C@@]2(CCC3CCCCC3)N=C(N)N(C)C2=O)C1.CCC[C@H]1CN(Cc2ccc(CN3C(=O)[C@@](CCC4CCCCC4)(CC4CCCCC4)N=C3N)cc2)C(=O)N1.CN1C(=O)[C@@](CCC2CCCCC2)(CC2CCCCC2)N=C1N.CN1C(=O)[C@@](CCC2CCCCC2)(C[C@H]2CCC[C@@H](NC3CCCC3)C2)N=C1N. The number of nitrogens with one attached hydrogen (secondary N) is 3. The summed E-state index contributed by atoms with van der Waals surface area (Å²) in [5, 5.41) is 10.1. The standard InChI is InChI=1S/C32H49N5O2.C24H42N4O.C23H41N3O2.C21H36N4O2.C19H33N3O/c1-2-9-28-23-36(31(39)34-28)21-26-14-16-27(17-15-26)22-37-29(38)32(35-30(37)33,20-25-12-7-4-8-13-25)19-18-24-10-5-3-6-11-24;1-28-22(29)24(27-23(28)25,15-14-18-8-3-2-4-9-18)17-19-10-7-13-21(16-19)26-20-11-5-6-12-20;1-3-4-15-28-20-12-8-11-19(16-20)17-23(21(27)26(2)22(24)25-23)14-13-18-9-6-5-7-10-18;1-15(26)23-18-10-6-9-17(13-18)14-21(19(27)25(2)20(22)24-21)12-11-16-7-4-3-5-8-16;1-22-17(23)19(21-18(22)20,14-16-10-6-3-7-11-16)13-12-15-8-4-2-5-9-15/h14-17,24-25,28H,2-13,18-23H2,1H3,(H2,33,35)(H,34,39);18-21,26H,2-17H2,1H3,(H2,25,27);18-20H,3-17H2,1-2H3,(H2,24,25);16-18H,3-14H2,1-2H3,(H2,22,24)(H,23,26);15-16H,2-14H2,1H3,(H2,20,21)/t28-,32+;19-,21+,24+;19-,20+,23+;17-,18+,21+;19-/m00001/s1. The first-order chi connectivity index (χ1) is 70.5. The van der Waals surface area contributed by atoms with Crippen LogP contribution in [0.1, 0.15) is 481 Å². The maximum absolute atomic E-state index is 14.1. The van der Waals surface area contributed by atoms with Gasteiger partial charge in [0.2, 0.25) is 5.91 Å². The number of urea groups is 1. The van der Waals surface area contributed by atoms with E-state index in [1.165, 1.54) is 300 Å². The summed E-state index contributed by atoms with van der Waals surface area (Å²) in [6.07, 6.45) is 84.2. The van der Waals surface area contributed by atoms with Crippen LogP contribution in [0.5, 0.6) is 0 Å². The summed E-state index contributed by atoms with van der Waals surface area (Å²) >= 11 is 0. The average molecular weight is 2030 g/mol. The molecule has 11 aliphatic carbocycles. The van der Waals surface area contributed by atoms with Gasteiger partial charge in [0.25, 0.3) is 29.5 Å². The zero-order valence-corrected chi connectivity index (χ0v) is 92.4. The van der Waals surface area contributed by atoms with Crippen LogP contribution >= 0.6 is 0 Å². The first kappa shape index (κ1) is 114. The van der Waals surface area contributed by atoms with Crippen LogP contribution in [0.4, 0.5) is 4.79 Å². The van der Waals surface area contributed by atoms with E-state index in [1.54, 1.807) is 54.7 Å². The lowest BCUT2D eigenvalue weighted by Crippen LogP contribution is -2.45. The average Bonchev–Trinajstić information content (AvgIpc) is 1.61. The Morgan fingerprint density at radius 2 is 0.651 bits per heavy atom. The molecule has 17 aliphatic rings. The van der Waals surface area contributed by atoms with Gasteiger partial charge in [-0.05, 0) is 231 Å². The number of amides is 8. The number of ether oxygens (including phenoxy) is 1. The van der Waals surface area contributed by atoms with E-state index >= 15 is 0 Å². The molecule has 0 spiro atoms. The highest BCUT2D eigenvalue weighted by molar-refractivity contribution is 6.09. The lowest BCUT2D eigenvalue weighted by Gasteiger charge is -2.36. The Morgan fingerprint density at radius 3 is 1.00 bits per heavy atom. The fraction of sp³-hybridized carbons (Fsp3) is 0.849. The topological polar surface area (TPSA) is 376 Å². The molecular weight excluding hydrogens is 1820 g/mol. The number of nitrogens with zero attached hydrogens (tertiary/aromatic N) is 11. The van der Waals surface area contributed by atoms with Gasteiger partial charge in [-0.15, -0.1) is 0 Å². The molecule has 11 saturated carbocycles. The van der Waals surface area contributed by atoms with E-state index in [-0.39, 0.29) is 53.6 Å². The molecule has 13 N–H and O–H groups in total.